The second-order valence-electron chi connectivity index (χ2n) is 4.37. The molecule has 0 bridgehead atoms. The highest BCUT2D eigenvalue weighted by atomic mass is 16.5. The lowest BCUT2D eigenvalue weighted by molar-refractivity contribution is 0.354. The Morgan fingerprint density at radius 1 is 1.10 bits per heavy atom. The van der Waals surface area contributed by atoms with Gasteiger partial charge >= 0.3 is 0 Å². The van der Waals surface area contributed by atoms with Crippen LogP contribution < -0.4 is 14.8 Å². The van der Waals surface area contributed by atoms with Gasteiger partial charge in [-0.05, 0) is 17.7 Å². The summed E-state index contributed by atoms with van der Waals surface area (Å²) >= 11 is 0. The van der Waals surface area contributed by atoms with Crippen molar-refractivity contribution in [2.45, 2.75) is 6.54 Å². The molecule has 0 unspecified atom stereocenters. The van der Waals surface area contributed by atoms with Crippen LogP contribution in [-0.4, -0.2) is 34.2 Å². The lowest BCUT2D eigenvalue weighted by atomic mass is 10.2. The molecule has 0 radical (unpaired) electrons. The summed E-state index contributed by atoms with van der Waals surface area (Å²) in [5.41, 5.74) is 2.48. The van der Waals surface area contributed by atoms with E-state index in [1.807, 2.05) is 18.2 Å². The number of aromatic nitrogens is 4. The maximum Gasteiger partial charge on any atom is 0.182 e. The minimum absolute atomic E-state index is 0.603. The van der Waals surface area contributed by atoms with E-state index in [-0.39, 0.29) is 0 Å². The number of imidazole rings is 1. The number of fused-ring (bicyclic) bond motifs is 1. The Kier molecular flexibility index (Phi) is 3.55. The zero-order valence-corrected chi connectivity index (χ0v) is 11.8. The molecule has 0 saturated carbocycles. The van der Waals surface area contributed by atoms with Crippen molar-refractivity contribution in [1.29, 1.82) is 0 Å². The molecule has 0 aliphatic heterocycles. The molecular formula is C14H15N5O2. The van der Waals surface area contributed by atoms with Crippen LogP contribution in [-0.2, 0) is 6.54 Å². The number of nitrogens with zero attached hydrogens (tertiary/aromatic N) is 3. The number of anilines is 1. The maximum absolute atomic E-state index is 5.29. The monoisotopic (exact) mass is 285 g/mol. The van der Waals surface area contributed by atoms with Crippen LogP contribution in [0.3, 0.4) is 0 Å². The molecule has 108 valence electrons. The molecule has 3 rings (SSSR count). The van der Waals surface area contributed by atoms with Gasteiger partial charge in [-0.25, -0.2) is 15.0 Å². The number of ether oxygens (including phenoxy) is 2. The standard InChI is InChI=1S/C14H15N5O2/c1-20-10-4-3-9(5-11(10)21-2)6-15-13-12-14(17-7-16-12)19-8-18-13/h3-5,7-8H,6H2,1-2H3,(H2,15,16,17,18,19). The van der Waals surface area contributed by atoms with Crippen LogP contribution in [0.1, 0.15) is 5.56 Å². The van der Waals surface area contributed by atoms with Gasteiger partial charge in [0.05, 0.1) is 20.5 Å². The van der Waals surface area contributed by atoms with E-state index < -0.39 is 0 Å². The summed E-state index contributed by atoms with van der Waals surface area (Å²) in [5, 5.41) is 3.26. The molecule has 0 aliphatic rings. The fourth-order valence-corrected chi connectivity index (χ4v) is 2.08. The lowest BCUT2D eigenvalue weighted by Gasteiger charge is -2.10. The van der Waals surface area contributed by atoms with Gasteiger partial charge in [0.15, 0.2) is 23.0 Å². The summed E-state index contributed by atoms with van der Waals surface area (Å²) in [6.45, 7) is 0.603. The van der Waals surface area contributed by atoms with Gasteiger partial charge in [0.2, 0.25) is 0 Å². The molecule has 0 aliphatic carbocycles. The largest absolute Gasteiger partial charge is 0.493 e. The Labute approximate surface area is 121 Å². The number of methoxy groups -OCH3 is 2. The highest BCUT2D eigenvalue weighted by Gasteiger charge is 2.07. The third-order valence-corrected chi connectivity index (χ3v) is 3.13. The van der Waals surface area contributed by atoms with E-state index in [1.54, 1.807) is 20.5 Å². The summed E-state index contributed by atoms with van der Waals surface area (Å²) in [6.07, 6.45) is 3.08. The number of aromatic amines is 1. The highest BCUT2D eigenvalue weighted by Crippen LogP contribution is 2.28. The maximum atomic E-state index is 5.29. The van der Waals surface area contributed by atoms with Crippen molar-refractivity contribution in [3.8, 4) is 11.5 Å². The number of benzene rings is 1. The minimum atomic E-state index is 0.603. The molecule has 2 N–H and O–H groups in total. The van der Waals surface area contributed by atoms with E-state index in [0.717, 1.165) is 11.1 Å². The first-order valence-electron chi connectivity index (χ1n) is 6.40. The van der Waals surface area contributed by atoms with Gasteiger partial charge in [-0.2, -0.15) is 0 Å². The van der Waals surface area contributed by atoms with E-state index in [4.69, 9.17) is 9.47 Å². The molecule has 0 spiro atoms. The molecule has 7 nitrogen and oxygen atoms in total. The third kappa shape index (κ3) is 2.58. The molecule has 21 heavy (non-hydrogen) atoms. The fraction of sp³-hybridized carbons (Fsp3) is 0.214. The normalized spacial score (nSPS) is 10.6. The van der Waals surface area contributed by atoms with Crippen molar-refractivity contribution >= 4 is 17.0 Å². The van der Waals surface area contributed by atoms with Crippen molar-refractivity contribution in [2.75, 3.05) is 19.5 Å². The Morgan fingerprint density at radius 3 is 2.76 bits per heavy atom. The summed E-state index contributed by atoms with van der Waals surface area (Å²) in [5.74, 6) is 2.12. The van der Waals surface area contributed by atoms with Gasteiger partial charge in [0, 0.05) is 6.54 Å². The SMILES string of the molecule is COc1ccc(CNc2ncnc3nc[nH]c23)cc1OC. The van der Waals surface area contributed by atoms with Crippen LogP contribution in [0.4, 0.5) is 5.82 Å². The molecule has 0 atom stereocenters. The molecule has 0 fully saturated rings. The predicted molar refractivity (Wildman–Crippen MR) is 78.6 cm³/mol. The van der Waals surface area contributed by atoms with Crippen molar-refractivity contribution in [3.05, 3.63) is 36.4 Å². The molecule has 0 amide bonds. The first kappa shape index (κ1) is 13.2. The van der Waals surface area contributed by atoms with Gasteiger partial charge in [-0.1, -0.05) is 6.07 Å². The summed E-state index contributed by atoms with van der Waals surface area (Å²) < 4.78 is 10.5. The Balaban J connectivity index is 1.80. The molecule has 7 heteroatoms. The van der Waals surface area contributed by atoms with Crippen LogP contribution in [0.15, 0.2) is 30.9 Å². The number of hydrogen-bond acceptors (Lipinski definition) is 6. The molecule has 1 aromatic carbocycles. The Hall–Kier alpha value is -2.83. The predicted octanol–water partition coefficient (Wildman–Crippen LogP) is 1.98. The Bertz CT molecular complexity index is 756. The average molecular weight is 285 g/mol. The first-order valence-corrected chi connectivity index (χ1v) is 6.40. The summed E-state index contributed by atoms with van der Waals surface area (Å²) in [7, 11) is 3.24. The Morgan fingerprint density at radius 2 is 1.95 bits per heavy atom. The second-order valence-corrected chi connectivity index (χ2v) is 4.37. The van der Waals surface area contributed by atoms with Crippen molar-refractivity contribution < 1.29 is 9.47 Å². The van der Waals surface area contributed by atoms with E-state index in [1.165, 1.54) is 6.33 Å². The zero-order chi connectivity index (χ0) is 14.7. The van der Waals surface area contributed by atoms with Crippen LogP contribution >= 0.6 is 0 Å². The molecule has 2 heterocycles. The summed E-state index contributed by atoms with van der Waals surface area (Å²) in [6, 6.07) is 5.78. The second kappa shape index (κ2) is 5.66. The number of H-pyrrole nitrogens is 1. The third-order valence-electron chi connectivity index (χ3n) is 3.13. The van der Waals surface area contributed by atoms with Gasteiger partial charge in [-0.15, -0.1) is 0 Å². The number of rotatable bonds is 5. The molecule has 2 aromatic heterocycles. The van der Waals surface area contributed by atoms with Gasteiger partial charge in [0.1, 0.15) is 11.8 Å². The number of hydrogen-bond donors (Lipinski definition) is 2. The van der Waals surface area contributed by atoms with Gasteiger partial charge in [0.25, 0.3) is 0 Å². The number of nitrogens with one attached hydrogen (secondary N) is 2. The smallest absolute Gasteiger partial charge is 0.182 e. The zero-order valence-electron chi connectivity index (χ0n) is 11.8. The van der Waals surface area contributed by atoms with Gasteiger partial charge < -0.3 is 19.8 Å². The lowest BCUT2D eigenvalue weighted by Crippen LogP contribution is -2.03. The highest BCUT2D eigenvalue weighted by molar-refractivity contribution is 5.81. The van der Waals surface area contributed by atoms with Crippen LogP contribution in [0, 0.1) is 0 Å². The molecule has 0 saturated heterocycles. The van der Waals surface area contributed by atoms with E-state index in [2.05, 4.69) is 25.3 Å². The average Bonchev–Trinajstić information content (AvgIpc) is 3.01. The quantitative estimate of drug-likeness (QED) is 0.745. The minimum Gasteiger partial charge on any atom is -0.493 e. The van der Waals surface area contributed by atoms with Crippen LogP contribution in [0.5, 0.6) is 11.5 Å². The topological polar surface area (TPSA) is 85.0 Å². The van der Waals surface area contributed by atoms with Crippen molar-refractivity contribution in [1.82, 2.24) is 19.9 Å². The summed E-state index contributed by atoms with van der Waals surface area (Å²) in [4.78, 5) is 15.4. The molecular weight excluding hydrogens is 270 g/mol. The van der Waals surface area contributed by atoms with Crippen molar-refractivity contribution in [3.63, 3.8) is 0 Å². The van der Waals surface area contributed by atoms with Crippen LogP contribution in [0.25, 0.3) is 11.2 Å². The van der Waals surface area contributed by atoms with E-state index in [0.29, 0.717) is 29.5 Å². The van der Waals surface area contributed by atoms with E-state index >= 15 is 0 Å². The molecule has 3 aromatic rings. The first-order chi connectivity index (χ1) is 10.3. The van der Waals surface area contributed by atoms with Gasteiger partial charge in [-0.3, -0.25) is 0 Å². The van der Waals surface area contributed by atoms with Crippen molar-refractivity contribution in [2.24, 2.45) is 0 Å². The fourth-order valence-electron chi connectivity index (χ4n) is 2.08. The van der Waals surface area contributed by atoms with Crippen LogP contribution in [0.2, 0.25) is 0 Å². The van der Waals surface area contributed by atoms with E-state index in [9.17, 15) is 0 Å².